The summed E-state index contributed by atoms with van der Waals surface area (Å²) < 4.78 is 1.05. The van der Waals surface area contributed by atoms with Crippen molar-refractivity contribution in [2.45, 2.75) is 41.7 Å². The molecule has 0 aromatic heterocycles. The first kappa shape index (κ1) is 18.4. The summed E-state index contributed by atoms with van der Waals surface area (Å²) in [6, 6.07) is -0.719. The lowest BCUT2D eigenvalue weighted by atomic mass is 9.93. The standard InChI is InChI=1S/C16H26N2O4S2/c1-18(6-2-3-7-18)8-4-10-23-16-12(15(21)22)17-13(20)11(5-9-19)14(17)24-16/h11-12,14,16,19H,2-10H2,1H3/p+1/t11-,12?,14+,16?/m0/s1. The molecule has 0 bridgehead atoms. The number of thioether (sulfide) groups is 2. The Kier molecular flexibility index (Phi) is 5.68. The van der Waals surface area contributed by atoms with E-state index in [4.69, 9.17) is 5.11 Å². The van der Waals surface area contributed by atoms with E-state index in [1.54, 1.807) is 23.5 Å². The van der Waals surface area contributed by atoms with Gasteiger partial charge in [-0.05, 0) is 12.2 Å². The fourth-order valence-corrected chi connectivity index (χ4v) is 7.47. The third-order valence-corrected chi connectivity index (χ3v) is 8.70. The Balaban J connectivity index is 1.51. The Morgan fingerprint density at radius 2 is 2.12 bits per heavy atom. The molecule has 3 saturated heterocycles. The van der Waals surface area contributed by atoms with Crippen LogP contribution < -0.4 is 0 Å². The average molecular weight is 376 g/mol. The van der Waals surface area contributed by atoms with Crippen molar-refractivity contribution in [1.29, 1.82) is 0 Å². The number of carboxylic acids is 1. The summed E-state index contributed by atoms with van der Waals surface area (Å²) in [4.78, 5) is 25.3. The zero-order valence-corrected chi connectivity index (χ0v) is 15.7. The van der Waals surface area contributed by atoms with Crippen LogP contribution in [0.4, 0.5) is 0 Å². The smallest absolute Gasteiger partial charge is 0.328 e. The number of quaternary nitrogens is 1. The largest absolute Gasteiger partial charge is 0.480 e. The summed E-state index contributed by atoms with van der Waals surface area (Å²) in [5.41, 5.74) is 0. The average Bonchev–Trinajstić information content (AvgIpc) is 3.12. The van der Waals surface area contributed by atoms with Crippen LogP contribution in [0.3, 0.4) is 0 Å². The predicted molar refractivity (Wildman–Crippen MR) is 95.7 cm³/mol. The van der Waals surface area contributed by atoms with Gasteiger partial charge in [-0.3, -0.25) is 4.79 Å². The van der Waals surface area contributed by atoms with E-state index in [0.717, 1.165) is 23.2 Å². The Bertz CT molecular complexity index is 498. The zero-order valence-electron chi connectivity index (χ0n) is 14.1. The van der Waals surface area contributed by atoms with Gasteiger partial charge in [0.1, 0.15) is 0 Å². The highest BCUT2D eigenvalue weighted by Gasteiger charge is 2.60. The van der Waals surface area contributed by atoms with E-state index in [1.807, 2.05) is 0 Å². The van der Waals surface area contributed by atoms with E-state index < -0.39 is 12.0 Å². The van der Waals surface area contributed by atoms with Crippen molar-refractivity contribution >= 4 is 35.4 Å². The van der Waals surface area contributed by atoms with Crippen LogP contribution in [-0.2, 0) is 9.59 Å². The number of carbonyl (C=O) groups is 2. The van der Waals surface area contributed by atoms with Crippen LogP contribution in [0.2, 0.25) is 0 Å². The number of rotatable bonds is 8. The quantitative estimate of drug-likeness (QED) is 0.375. The third-order valence-electron chi connectivity index (χ3n) is 5.48. The molecule has 6 nitrogen and oxygen atoms in total. The van der Waals surface area contributed by atoms with Crippen molar-refractivity contribution in [3.05, 3.63) is 0 Å². The number of nitrogens with zero attached hydrogens (tertiary/aromatic N) is 2. The molecule has 1 amide bonds. The molecule has 0 aromatic rings. The molecule has 0 aromatic carbocycles. The number of carbonyl (C=O) groups excluding carboxylic acids is 1. The van der Waals surface area contributed by atoms with Crippen molar-refractivity contribution < 1.29 is 24.3 Å². The summed E-state index contributed by atoms with van der Waals surface area (Å²) in [6.45, 7) is 3.65. The molecule has 0 aliphatic carbocycles. The van der Waals surface area contributed by atoms with Gasteiger partial charge < -0.3 is 19.6 Å². The van der Waals surface area contributed by atoms with E-state index in [-0.39, 0.29) is 28.4 Å². The Hall–Kier alpha value is -0.440. The Morgan fingerprint density at radius 1 is 1.42 bits per heavy atom. The zero-order chi connectivity index (χ0) is 17.3. The molecule has 24 heavy (non-hydrogen) atoms. The molecule has 8 heteroatoms. The number of fused-ring (bicyclic) bond motifs is 1. The maximum absolute atomic E-state index is 12.2. The molecule has 136 valence electrons. The van der Waals surface area contributed by atoms with E-state index in [2.05, 4.69) is 7.05 Å². The maximum Gasteiger partial charge on any atom is 0.328 e. The molecule has 0 spiro atoms. The van der Waals surface area contributed by atoms with Crippen molar-refractivity contribution in [1.82, 2.24) is 4.90 Å². The number of hydrogen-bond donors (Lipinski definition) is 2. The third kappa shape index (κ3) is 3.43. The van der Waals surface area contributed by atoms with Gasteiger partial charge in [0.15, 0.2) is 6.04 Å². The molecule has 3 rings (SSSR count). The van der Waals surface area contributed by atoms with Gasteiger partial charge in [-0.25, -0.2) is 4.79 Å². The second-order valence-corrected chi connectivity index (χ2v) is 10.1. The number of β-lactam (4-membered cyclic amide) rings is 1. The summed E-state index contributed by atoms with van der Waals surface area (Å²) in [6.07, 6.45) is 4.15. The molecule has 3 fully saturated rings. The molecular weight excluding hydrogens is 348 g/mol. The van der Waals surface area contributed by atoms with Gasteiger partial charge in [0.05, 0.1) is 42.6 Å². The van der Waals surface area contributed by atoms with E-state index in [1.165, 1.54) is 30.8 Å². The number of hydrogen-bond acceptors (Lipinski definition) is 5. The summed E-state index contributed by atoms with van der Waals surface area (Å²) in [5, 5.41) is 18.6. The van der Waals surface area contributed by atoms with E-state index >= 15 is 0 Å². The van der Waals surface area contributed by atoms with Gasteiger partial charge in [-0.2, -0.15) is 0 Å². The number of likely N-dealkylation sites (tertiary alicyclic amines) is 1. The highest BCUT2D eigenvalue weighted by Crippen LogP contribution is 2.52. The number of amides is 1. The fourth-order valence-electron chi connectivity index (χ4n) is 4.09. The van der Waals surface area contributed by atoms with E-state index in [9.17, 15) is 14.7 Å². The van der Waals surface area contributed by atoms with Crippen LogP contribution in [0.15, 0.2) is 0 Å². The van der Waals surface area contributed by atoms with E-state index in [0.29, 0.717) is 6.42 Å². The monoisotopic (exact) mass is 375 g/mol. The molecule has 2 N–H and O–H groups in total. The minimum atomic E-state index is -0.906. The maximum atomic E-state index is 12.2. The predicted octanol–water partition coefficient (Wildman–Crippen LogP) is 1.04. The first-order valence-corrected chi connectivity index (χ1v) is 10.7. The molecule has 0 saturated carbocycles. The highest BCUT2D eigenvalue weighted by molar-refractivity contribution is 8.17. The first-order chi connectivity index (χ1) is 11.5. The fraction of sp³-hybridized carbons (Fsp3) is 0.875. The molecule has 2 unspecified atom stereocenters. The number of aliphatic hydroxyl groups excluding tert-OH is 1. The summed E-state index contributed by atoms with van der Waals surface area (Å²) in [5.74, 6) is -0.278. The van der Waals surface area contributed by atoms with Gasteiger partial charge >= 0.3 is 5.97 Å². The molecule has 3 heterocycles. The Labute approximate surface area is 151 Å². The topological polar surface area (TPSA) is 77.8 Å². The lowest BCUT2D eigenvalue weighted by molar-refractivity contribution is -0.897. The molecule has 3 aliphatic heterocycles. The van der Waals surface area contributed by atoms with Gasteiger partial charge in [0.25, 0.3) is 0 Å². The van der Waals surface area contributed by atoms with Crippen LogP contribution in [0.1, 0.15) is 25.7 Å². The van der Waals surface area contributed by atoms with Crippen molar-refractivity contribution in [3.8, 4) is 0 Å². The summed E-state index contributed by atoms with van der Waals surface area (Å²) in [7, 11) is 2.31. The summed E-state index contributed by atoms with van der Waals surface area (Å²) >= 11 is 3.29. The van der Waals surface area contributed by atoms with Gasteiger partial charge in [-0.1, -0.05) is 0 Å². The van der Waals surface area contributed by atoms with Gasteiger partial charge in [0, 0.05) is 25.9 Å². The minimum absolute atomic E-state index is 0.0205. The van der Waals surface area contributed by atoms with Crippen LogP contribution in [0.25, 0.3) is 0 Å². The second-order valence-electron chi connectivity index (χ2n) is 7.26. The van der Waals surface area contributed by atoms with Crippen LogP contribution in [-0.4, -0.2) is 86.5 Å². The normalized spacial score (nSPS) is 34.2. The molecule has 4 atom stereocenters. The molecular formula is C16H27N2O4S2+. The van der Waals surface area contributed by atoms with Crippen molar-refractivity contribution in [3.63, 3.8) is 0 Å². The van der Waals surface area contributed by atoms with Crippen LogP contribution >= 0.6 is 23.5 Å². The second kappa shape index (κ2) is 7.43. The van der Waals surface area contributed by atoms with Gasteiger partial charge in [0.2, 0.25) is 5.91 Å². The number of aliphatic hydroxyl groups is 1. The minimum Gasteiger partial charge on any atom is -0.480 e. The first-order valence-electron chi connectivity index (χ1n) is 8.73. The lowest BCUT2D eigenvalue weighted by Gasteiger charge is -2.43. The van der Waals surface area contributed by atoms with Crippen molar-refractivity contribution in [2.24, 2.45) is 5.92 Å². The number of aliphatic carboxylic acids is 1. The van der Waals surface area contributed by atoms with Crippen LogP contribution in [0.5, 0.6) is 0 Å². The SMILES string of the molecule is C[N+]1(CCCSC2S[C@@H]3[C@@H](CCO)C(=O)N3C2C(=O)O)CCCC1. The van der Waals surface area contributed by atoms with Crippen molar-refractivity contribution in [2.75, 3.05) is 39.0 Å². The van der Waals surface area contributed by atoms with Crippen LogP contribution in [0, 0.1) is 5.92 Å². The van der Waals surface area contributed by atoms with Gasteiger partial charge in [-0.15, -0.1) is 23.5 Å². The Morgan fingerprint density at radius 3 is 2.75 bits per heavy atom. The molecule has 3 aliphatic rings. The number of carboxylic acid groups (broad SMARTS) is 1. The lowest BCUT2D eigenvalue weighted by Crippen LogP contribution is -2.61. The molecule has 0 radical (unpaired) electrons. The highest BCUT2D eigenvalue weighted by atomic mass is 32.2.